The van der Waals surface area contributed by atoms with Crippen molar-refractivity contribution in [3.05, 3.63) is 33.4 Å². The van der Waals surface area contributed by atoms with Crippen LogP contribution in [0.15, 0.2) is 24.3 Å². The van der Waals surface area contributed by atoms with Crippen molar-refractivity contribution in [3.8, 4) is 0 Å². The number of nitrogens with one attached hydrogen (secondary N) is 1. The number of carbonyl (C=O) groups is 1. The number of benzene rings is 1. The van der Waals surface area contributed by atoms with Gasteiger partial charge in [-0.25, -0.2) is 0 Å². The minimum atomic E-state index is -0.785. The molecule has 1 saturated heterocycles. The number of amides is 1. The minimum absolute atomic E-state index is 0.111. The van der Waals surface area contributed by atoms with Gasteiger partial charge in [0.2, 0.25) is 5.91 Å². The summed E-state index contributed by atoms with van der Waals surface area (Å²) in [6, 6.07) is 7.38. The summed E-state index contributed by atoms with van der Waals surface area (Å²) in [5.41, 5.74) is 1.39. The van der Waals surface area contributed by atoms with E-state index < -0.39 is 24.2 Å². The summed E-state index contributed by atoms with van der Waals surface area (Å²) in [6.45, 7) is 10.4. The van der Waals surface area contributed by atoms with Gasteiger partial charge in [-0.1, -0.05) is 32.9 Å². The Kier molecular flexibility index (Phi) is 6.96. The summed E-state index contributed by atoms with van der Waals surface area (Å²) in [6.07, 6.45) is 0.851. The lowest BCUT2D eigenvalue weighted by Crippen LogP contribution is -2.62. The molecule has 1 aromatic rings. The Bertz CT molecular complexity index is 847. The summed E-state index contributed by atoms with van der Waals surface area (Å²) in [4.78, 5) is 19.8. The fourth-order valence-corrected chi connectivity index (χ4v) is 7.11. The highest BCUT2D eigenvalue weighted by atomic mass is 127. The molecule has 5 rings (SSSR count). The second kappa shape index (κ2) is 9.13. The van der Waals surface area contributed by atoms with Crippen molar-refractivity contribution in [2.24, 2.45) is 29.1 Å². The Morgan fingerprint density at radius 1 is 1.34 bits per heavy atom. The number of carbonyl (C=O) groups excluding carboxylic acids is 1. The van der Waals surface area contributed by atoms with Crippen LogP contribution in [0.1, 0.15) is 59.1 Å². The topological polar surface area (TPSA) is 82.0 Å². The van der Waals surface area contributed by atoms with E-state index in [0.29, 0.717) is 23.2 Å². The first-order valence-corrected chi connectivity index (χ1v) is 12.9. The second-order valence-electron chi connectivity index (χ2n) is 10.8. The first kappa shape index (κ1) is 24.4. The van der Waals surface area contributed by atoms with Gasteiger partial charge in [-0.3, -0.25) is 9.63 Å². The van der Waals surface area contributed by atoms with Crippen molar-refractivity contribution in [2.45, 2.75) is 77.8 Å². The molecule has 4 fully saturated rings. The first-order chi connectivity index (χ1) is 15.1. The van der Waals surface area contributed by atoms with Crippen molar-refractivity contribution in [1.82, 2.24) is 10.4 Å². The van der Waals surface area contributed by atoms with Gasteiger partial charge in [0, 0.05) is 15.5 Å². The zero-order chi connectivity index (χ0) is 23.4. The highest BCUT2D eigenvalue weighted by molar-refractivity contribution is 14.1. The molecule has 3 N–H and O–H groups in total. The van der Waals surface area contributed by atoms with E-state index in [0.717, 1.165) is 15.6 Å². The first-order valence-electron chi connectivity index (χ1n) is 11.9. The zero-order valence-electron chi connectivity index (χ0n) is 19.7. The van der Waals surface area contributed by atoms with Gasteiger partial charge < -0.3 is 15.5 Å². The Morgan fingerprint density at radius 3 is 2.62 bits per heavy atom. The molecule has 0 radical (unpaired) electrons. The van der Waals surface area contributed by atoms with Crippen LogP contribution in [0.3, 0.4) is 0 Å². The quantitative estimate of drug-likeness (QED) is 0.468. The molecule has 9 atom stereocenters. The summed E-state index contributed by atoms with van der Waals surface area (Å²) in [7, 11) is 0. The molecule has 7 heteroatoms. The summed E-state index contributed by atoms with van der Waals surface area (Å²) < 4.78 is 1.11. The van der Waals surface area contributed by atoms with Crippen LogP contribution in [0.2, 0.25) is 0 Å². The zero-order valence-corrected chi connectivity index (χ0v) is 21.8. The van der Waals surface area contributed by atoms with Crippen LogP contribution in [0.5, 0.6) is 0 Å². The Hall–Kier alpha value is -0.740. The van der Waals surface area contributed by atoms with Gasteiger partial charge in [0.1, 0.15) is 12.1 Å². The maximum Gasteiger partial charge on any atom is 0.240 e. The predicted octanol–water partition coefficient (Wildman–Crippen LogP) is 3.51. The van der Waals surface area contributed by atoms with Crippen LogP contribution in [-0.4, -0.2) is 52.1 Å². The lowest BCUT2D eigenvalue weighted by atomic mass is 9.45. The van der Waals surface area contributed by atoms with Crippen molar-refractivity contribution >= 4 is 28.5 Å². The third-order valence-corrected chi connectivity index (χ3v) is 9.40. The number of hydrogen-bond acceptors (Lipinski definition) is 5. The molecule has 178 valence electrons. The van der Waals surface area contributed by atoms with Crippen LogP contribution in [0.4, 0.5) is 0 Å². The fraction of sp³-hybridized carbons (Fsp3) is 0.720. The molecule has 2 bridgehead atoms. The monoisotopic (exact) mass is 556 g/mol. The van der Waals surface area contributed by atoms with Gasteiger partial charge in [0.15, 0.2) is 0 Å². The average Bonchev–Trinajstić information content (AvgIpc) is 3.14. The highest BCUT2D eigenvalue weighted by Gasteiger charge is 2.57. The van der Waals surface area contributed by atoms with Crippen LogP contribution in [-0.2, 0) is 9.63 Å². The van der Waals surface area contributed by atoms with E-state index in [1.165, 1.54) is 6.42 Å². The third-order valence-electron chi connectivity index (χ3n) is 8.73. The van der Waals surface area contributed by atoms with E-state index in [1.807, 2.05) is 25.1 Å². The van der Waals surface area contributed by atoms with Gasteiger partial charge in [0.25, 0.3) is 0 Å². The maximum absolute atomic E-state index is 13.7. The van der Waals surface area contributed by atoms with E-state index in [2.05, 4.69) is 54.7 Å². The SMILES string of the molecule is CC(c1cccc(I)c1)N1O[C@@H](CO)[C@@H]([C@H](C)O)[C@H]1C(=O)NC1C[C@H]2C[C@@H]([C@@H]1C)C2(C)C. The second-order valence-corrected chi connectivity index (χ2v) is 12.0. The Labute approximate surface area is 205 Å². The van der Waals surface area contributed by atoms with Gasteiger partial charge in [-0.2, -0.15) is 5.06 Å². The molecule has 1 heterocycles. The van der Waals surface area contributed by atoms with E-state index >= 15 is 0 Å². The maximum atomic E-state index is 13.7. The van der Waals surface area contributed by atoms with Crippen molar-refractivity contribution < 1.29 is 19.8 Å². The number of fused-ring (bicyclic) bond motifs is 2. The molecule has 0 spiro atoms. The van der Waals surface area contributed by atoms with Crippen LogP contribution in [0.25, 0.3) is 0 Å². The number of aliphatic hydroxyl groups is 2. The van der Waals surface area contributed by atoms with Gasteiger partial charge in [-0.15, -0.1) is 0 Å². The van der Waals surface area contributed by atoms with E-state index in [4.69, 9.17) is 4.84 Å². The lowest BCUT2D eigenvalue weighted by Gasteiger charge is -2.62. The predicted molar refractivity (Wildman–Crippen MR) is 131 cm³/mol. The standard InChI is InChI=1S/C25H37IN2O4/c1-13-19-10-17(25(19,4)5)11-20(13)27-24(31)23-22(15(3)30)21(12-29)32-28(23)14(2)16-7-6-8-18(26)9-16/h6-9,13-15,17,19-23,29-30H,10-12H2,1-5H3,(H,27,31)/t13-,14?,15-,17+,19-,20?,21-,22+,23-/m0/s1. The van der Waals surface area contributed by atoms with Gasteiger partial charge in [0.05, 0.1) is 18.8 Å². The average molecular weight is 556 g/mol. The van der Waals surface area contributed by atoms with Crippen LogP contribution in [0, 0.1) is 32.7 Å². The van der Waals surface area contributed by atoms with E-state index in [1.54, 1.807) is 12.0 Å². The summed E-state index contributed by atoms with van der Waals surface area (Å²) in [5.74, 6) is 1.08. The molecule has 3 aliphatic carbocycles. The van der Waals surface area contributed by atoms with E-state index in [9.17, 15) is 15.0 Å². The number of aliphatic hydroxyl groups excluding tert-OH is 2. The molecular weight excluding hydrogens is 519 g/mol. The van der Waals surface area contributed by atoms with Crippen molar-refractivity contribution in [1.29, 1.82) is 0 Å². The number of hydroxylamine groups is 2. The molecule has 32 heavy (non-hydrogen) atoms. The number of hydrogen-bond donors (Lipinski definition) is 3. The van der Waals surface area contributed by atoms with Crippen molar-refractivity contribution in [3.63, 3.8) is 0 Å². The normalized spacial score (nSPS) is 38.1. The molecule has 2 unspecified atom stereocenters. The Morgan fingerprint density at radius 2 is 2.06 bits per heavy atom. The molecular formula is C25H37IN2O4. The van der Waals surface area contributed by atoms with E-state index in [-0.39, 0.29) is 24.6 Å². The molecule has 1 aliphatic heterocycles. The van der Waals surface area contributed by atoms with Gasteiger partial charge >= 0.3 is 0 Å². The molecule has 1 aromatic carbocycles. The molecule has 6 nitrogen and oxygen atoms in total. The number of rotatable bonds is 6. The number of halogens is 1. The van der Waals surface area contributed by atoms with Crippen LogP contribution < -0.4 is 5.32 Å². The number of nitrogens with zero attached hydrogens (tertiary/aromatic N) is 1. The van der Waals surface area contributed by atoms with Gasteiger partial charge in [-0.05, 0) is 90.1 Å². The molecule has 4 aliphatic rings. The fourth-order valence-electron chi connectivity index (χ4n) is 6.54. The van der Waals surface area contributed by atoms with Crippen LogP contribution >= 0.6 is 22.6 Å². The molecule has 0 aromatic heterocycles. The lowest BCUT2D eigenvalue weighted by molar-refractivity contribution is -0.197. The largest absolute Gasteiger partial charge is 0.394 e. The minimum Gasteiger partial charge on any atom is -0.394 e. The molecule has 3 saturated carbocycles. The van der Waals surface area contributed by atoms with Crippen molar-refractivity contribution in [2.75, 3.05) is 6.61 Å². The molecule has 1 amide bonds. The highest BCUT2D eigenvalue weighted by Crippen LogP contribution is 2.61. The summed E-state index contributed by atoms with van der Waals surface area (Å²) >= 11 is 2.28. The smallest absolute Gasteiger partial charge is 0.240 e. The Balaban J connectivity index is 1.58. The summed E-state index contributed by atoms with van der Waals surface area (Å²) in [5, 5.41) is 25.6. The third kappa shape index (κ3) is 4.13.